The van der Waals surface area contributed by atoms with Gasteiger partial charge in [0.25, 0.3) is 5.56 Å². The van der Waals surface area contributed by atoms with Crippen LogP contribution in [0.5, 0.6) is 0 Å². The fourth-order valence-corrected chi connectivity index (χ4v) is 3.76. The van der Waals surface area contributed by atoms with E-state index in [9.17, 15) is 9.59 Å². The number of aromatic nitrogens is 2. The lowest BCUT2D eigenvalue weighted by atomic mass is 9.96. The summed E-state index contributed by atoms with van der Waals surface area (Å²) in [6.45, 7) is 1.81. The van der Waals surface area contributed by atoms with Gasteiger partial charge in [-0.2, -0.15) is 0 Å². The summed E-state index contributed by atoms with van der Waals surface area (Å²) in [5.41, 5.74) is 2.70. The third-order valence-electron chi connectivity index (χ3n) is 4.86. The first-order valence-corrected chi connectivity index (χ1v) is 8.46. The molecule has 0 unspecified atom stereocenters. The van der Waals surface area contributed by atoms with Gasteiger partial charge in [0.05, 0.1) is 11.0 Å². The molecule has 0 fully saturated rings. The zero-order chi connectivity index (χ0) is 17.8. The van der Waals surface area contributed by atoms with E-state index in [0.29, 0.717) is 16.6 Å². The first kappa shape index (κ1) is 14.8. The van der Waals surface area contributed by atoms with Crippen LogP contribution < -0.4 is 5.56 Å². The van der Waals surface area contributed by atoms with Crippen LogP contribution in [-0.4, -0.2) is 15.2 Å². The van der Waals surface area contributed by atoms with Gasteiger partial charge in [-0.25, -0.2) is 4.98 Å². The van der Waals surface area contributed by atoms with E-state index in [2.05, 4.69) is 4.98 Å². The van der Waals surface area contributed by atoms with Crippen LogP contribution in [0.2, 0.25) is 0 Å². The van der Waals surface area contributed by atoms with Crippen molar-refractivity contribution in [2.24, 2.45) is 0 Å². The predicted molar refractivity (Wildman–Crippen MR) is 104 cm³/mol. The van der Waals surface area contributed by atoms with Crippen LogP contribution >= 0.6 is 0 Å². The summed E-state index contributed by atoms with van der Waals surface area (Å²) in [4.78, 5) is 30.3. The molecule has 0 saturated heterocycles. The van der Waals surface area contributed by atoms with E-state index in [4.69, 9.17) is 0 Å². The van der Waals surface area contributed by atoms with E-state index in [1.165, 1.54) is 0 Å². The third kappa shape index (κ3) is 1.81. The molecule has 0 spiro atoms. The van der Waals surface area contributed by atoms with Crippen molar-refractivity contribution in [2.45, 2.75) is 6.92 Å². The molecule has 124 valence electrons. The molecule has 0 saturated carbocycles. The second-order valence-corrected chi connectivity index (χ2v) is 6.32. The molecule has 4 nitrogen and oxygen atoms in total. The number of hydrogen-bond donors (Lipinski definition) is 0. The number of imidazole rings is 1. The maximum Gasteiger partial charge on any atom is 0.264 e. The highest BCUT2D eigenvalue weighted by Crippen LogP contribution is 2.31. The van der Waals surface area contributed by atoms with E-state index >= 15 is 0 Å². The first-order chi connectivity index (χ1) is 12.7. The van der Waals surface area contributed by atoms with Crippen LogP contribution in [0.1, 0.15) is 17.3 Å². The monoisotopic (exact) mass is 338 g/mol. The highest BCUT2D eigenvalue weighted by Gasteiger charge is 2.18. The summed E-state index contributed by atoms with van der Waals surface area (Å²) in [5, 5.41) is 3.07. The summed E-state index contributed by atoms with van der Waals surface area (Å²) in [7, 11) is 0. The molecule has 0 radical (unpaired) electrons. The van der Waals surface area contributed by atoms with Gasteiger partial charge in [0, 0.05) is 21.7 Å². The van der Waals surface area contributed by atoms with Crippen LogP contribution in [-0.2, 0) is 0 Å². The van der Waals surface area contributed by atoms with Gasteiger partial charge in [0.2, 0.25) is 0 Å². The molecule has 4 heteroatoms. The third-order valence-corrected chi connectivity index (χ3v) is 4.86. The Balaban J connectivity index is 2.06. The predicted octanol–water partition coefficient (Wildman–Crippen LogP) is 4.35. The number of hydrogen-bond acceptors (Lipinski definition) is 3. The van der Waals surface area contributed by atoms with Gasteiger partial charge in [0.1, 0.15) is 5.65 Å². The normalized spacial score (nSPS) is 12.2. The fourth-order valence-electron chi connectivity index (χ4n) is 3.76. The number of ketones is 1. The smallest absolute Gasteiger partial charge is 0.264 e. The number of allylic oxidation sites excluding steroid dienone is 2. The summed E-state index contributed by atoms with van der Waals surface area (Å²) >= 11 is 0. The zero-order valence-electron chi connectivity index (χ0n) is 14.1. The summed E-state index contributed by atoms with van der Waals surface area (Å²) < 4.78 is 1.67. The van der Waals surface area contributed by atoms with Crippen molar-refractivity contribution < 1.29 is 4.79 Å². The molecule has 2 heterocycles. The molecule has 5 rings (SSSR count). The van der Waals surface area contributed by atoms with Gasteiger partial charge >= 0.3 is 0 Å². The number of pyridine rings is 1. The van der Waals surface area contributed by atoms with Crippen LogP contribution in [0.15, 0.2) is 71.5 Å². The molecule has 5 aromatic rings. The van der Waals surface area contributed by atoms with Crippen molar-refractivity contribution >= 4 is 44.0 Å². The van der Waals surface area contributed by atoms with Crippen LogP contribution in [0, 0.1) is 0 Å². The summed E-state index contributed by atoms with van der Waals surface area (Å²) in [6, 6.07) is 16.9. The van der Waals surface area contributed by atoms with Crippen LogP contribution in [0.25, 0.3) is 38.2 Å². The molecule has 0 aliphatic carbocycles. The average molecular weight is 338 g/mol. The van der Waals surface area contributed by atoms with Crippen LogP contribution in [0.4, 0.5) is 0 Å². The van der Waals surface area contributed by atoms with Crippen molar-refractivity contribution in [2.75, 3.05) is 0 Å². The van der Waals surface area contributed by atoms with E-state index in [1.54, 1.807) is 28.7 Å². The Morgan fingerprint density at radius 2 is 1.77 bits per heavy atom. The molecule has 2 aromatic heterocycles. The Morgan fingerprint density at radius 3 is 2.62 bits per heavy atom. The molecule has 0 aliphatic heterocycles. The topological polar surface area (TPSA) is 51.4 Å². The molecular weight excluding hydrogens is 324 g/mol. The Hall–Kier alpha value is -3.53. The number of fused-ring (bicyclic) bond motifs is 4. The second kappa shape index (κ2) is 5.23. The Morgan fingerprint density at radius 1 is 0.962 bits per heavy atom. The number of nitrogens with zero attached hydrogens (tertiary/aromatic N) is 2. The number of carbonyl (C=O) groups excluding carboxylic acids is 1. The van der Waals surface area contributed by atoms with E-state index in [0.717, 1.165) is 27.2 Å². The van der Waals surface area contributed by atoms with E-state index < -0.39 is 0 Å². The molecule has 3 aromatic carbocycles. The van der Waals surface area contributed by atoms with Crippen molar-refractivity contribution in [3.63, 3.8) is 0 Å². The van der Waals surface area contributed by atoms with Gasteiger partial charge in [-0.15, -0.1) is 0 Å². The van der Waals surface area contributed by atoms with Gasteiger partial charge < -0.3 is 0 Å². The first-order valence-electron chi connectivity index (χ1n) is 8.46. The number of benzene rings is 3. The van der Waals surface area contributed by atoms with Crippen molar-refractivity contribution in [1.82, 2.24) is 9.38 Å². The molecule has 0 aliphatic rings. The molecule has 26 heavy (non-hydrogen) atoms. The van der Waals surface area contributed by atoms with E-state index in [-0.39, 0.29) is 11.3 Å². The molecule has 0 N–H and O–H groups in total. The van der Waals surface area contributed by atoms with Gasteiger partial charge in [-0.3, -0.25) is 14.0 Å². The number of rotatable bonds is 2. The minimum absolute atomic E-state index is 0.0669. The lowest BCUT2D eigenvalue weighted by molar-refractivity contribution is 0.104. The lowest BCUT2D eigenvalue weighted by Gasteiger charge is -2.10. The van der Waals surface area contributed by atoms with Gasteiger partial charge in [-0.1, -0.05) is 36.4 Å². The molecular formula is C22H14N2O2. The lowest BCUT2D eigenvalue weighted by Crippen LogP contribution is -2.13. The fraction of sp³-hybridized carbons (Fsp3) is 0.0455. The SMILES string of the molecule is C/C=C\C(=O)c1ccc2c(=O)n3c4ccccc4nc3c3cccc1c23. The maximum absolute atomic E-state index is 13.2. The number of carbonyl (C=O) groups is 1. The Bertz CT molecular complexity index is 1430. The van der Waals surface area contributed by atoms with Gasteiger partial charge in [-0.05, 0) is 42.7 Å². The van der Waals surface area contributed by atoms with E-state index in [1.807, 2.05) is 49.4 Å². The molecule has 0 amide bonds. The zero-order valence-corrected chi connectivity index (χ0v) is 14.1. The minimum Gasteiger partial charge on any atom is -0.289 e. The average Bonchev–Trinajstić information content (AvgIpc) is 3.05. The van der Waals surface area contributed by atoms with Crippen molar-refractivity contribution in [3.8, 4) is 0 Å². The largest absolute Gasteiger partial charge is 0.289 e. The van der Waals surface area contributed by atoms with Crippen LogP contribution in [0.3, 0.4) is 0 Å². The summed E-state index contributed by atoms with van der Waals surface area (Å²) in [5.74, 6) is -0.0669. The Labute approximate surface area is 148 Å². The summed E-state index contributed by atoms with van der Waals surface area (Å²) in [6.07, 6.45) is 3.27. The Kier molecular flexibility index (Phi) is 2.97. The standard InChI is InChI=1S/C22H14N2O2/c1-2-6-19(25)13-11-12-16-20-14(13)7-5-8-15(20)21-23-17-9-3-4-10-18(17)24(21)22(16)26/h2-12H,1H3/b6-2-. The number of para-hydroxylation sites is 2. The maximum atomic E-state index is 13.2. The minimum atomic E-state index is -0.109. The van der Waals surface area contributed by atoms with Crippen molar-refractivity contribution in [1.29, 1.82) is 0 Å². The molecule has 0 bridgehead atoms. The van der Waals surface area contributed by atoms with Crippen molar-refractivity contribution in [3.05, 3.63) is 82.7 Å². The highest BCUT2D eigenvalue weighted by atomic mass is 16.1. The second-order valence-electron chi connectivity index (χ2n) is 6.32. The van der Waals surface area contributed by atoms with Gasteiger partial charge in [0.15, 0.2) is 5.78 Å². The highest BCUT2D eigenvalue weighted by molar-refractivity contribution is 6.22. The quantitative estimate of drug-likeness (QED) is 0.355. The molecule has 0 atom stereocenters.